The third-order valence-electron chi connectivity index (χ3n) is 4.01. The van der Waals surface area contributed by atoms with Gasteiger partial charge in [0.25, 0.3) is 0 Å². The van der Waals surface area contributed by atoms with Gasteiger partial charge in [0.05, 0.1) is 6.04 Å². The van der Waals surface area contributed by atoms with Gasteiger partial charge in [-0.15, -0.1) is 0 Å². The van der Waals surface area contributed by atoms with E-state index in [1.807, 2.05) is 43.9 Å². The first-order valence-corrected chi connectivity index (χ1v) is 7.73. The molecule has 2 aliphatic rings. The van der Waals surface area contributed by atoms with Crippen LogP contribution in [-0.2, 0) is 4.74 Å². The SMILES string of the molecule is CC(C)(C)OC(=O)N1CC2CC1CN2c1cccc(Cl)c1. The van der Waals surface area contributed by atoms with Crippen molar-refractivity contribution in [2.75, 3.05) is 18.0 Å². The van der Waals surface area contributed by atoms with Crippen LogP contribution < -0.4 is 4.90 Å². The third-order valence-corrected chi connectivity index (χ3v) is 4.24. The molecule has 2 heterocycles. The highest BCUT2D eigenvalue weighted by atomic mass is 35.5. The summed E-state index contributed by atoms with van der Waals surface area (Å²) < 4.78 is 5.48. The van der Waals surface area contributed by atoms with Crippen molar-refractivity contribution in [3.63, 3.8) is 0 Å². The van der Waals surface area contributed by atoms with Gasteiger partial charge in [0.15, 0.2) is 0 Å². The average Bonchev–Trinajstić information content (AvgIpc) is 2.96. The Hall–Kier alpha value is -1.42. The van der Waals surface area contributed by atoms with Gasteiger partial charge >= 0.3 is 6.09 Å². The van der Waals surface area contributed by atoms with Crippen molar-refractivity contribution in [1.82, 2.24) is 4.90 Å². The summed E-state index contributed by atoms with van der Waals surface area (Å²) in [6.07, 6.45) is 0.812. The van der Waals surface area contributed by atoms with Crippen LogP contribution in [0.4, 0.5) is 10.5 Å². The van der Waals surface area contributed by atoms with Gasteiger partial charge in [-0.2, -0.15) is 0 Å². The molecule has 0 saturated carbocycles. The standard InChI is InChI=1S/C16H21ClN2O2/c1-16(2,3)21-15(20)19-10-13-8-14(19)9-18(13)12-6-4-5-11(17)7-12/h4-7,13-14H,8-10H2,1-3H3. The molecular weight excluding hydrogens is 288 g/mol. The fourth-order valence-corrected chi connectivity index (χ4v) is 3.37. The number of rotatable bonds is 1. The maximum Gasteiger partial charge on any atom is 0.410 e. The lowest BCUT2D eigenvalue weighted by atomic mass is 10.2. The highest BCUT2D eigenvalue weighted by Gasteiger charge is 2.46. The van der Waals surface area contributed by atoms with Crippen LogP contribution in [0.3, 0.4) is 0 Å². The van der Waals surface area contributed by atoms with E-state index in [1.165, 1.54) is 0 Å². The maximum atomic E-state index is 12.2. The molecule has 2 aliphatic heterocycles. The fraction of sp³-hybridized carbons (Fsp3) is 0.562. The zero-order valence-corrected chi connectivity index (χ0v) is 13.4. The lowest BCUT2D eigenvalue weighted by Crippen LogP contribution is -2.50. The summed E-state index contributed by atoms with van der Waals surface area (Å²) in [5.41, 5.74) is 0.699. The van der Waals surface area contributed by atoms with Crippen LogP contribution in [0, 0.1) is 0 Å². The fourth-order valence-electron chi connectivity index (χ4n) is 3.18. The van der Waals surface area contributed by atoms with E-state index in [9.17, 15) is 4.79 Å². The summed E-state index contributed by atoms with van der Waals surface area (Å²) in [6.45, 7) is 7.28. The number of hydrogen-bond acceptors (Lipinski definition) is 3. The Kier molecular flexibility index (Phi) is 3.52. The van der Waals surface area contributed by atoms with Crippen molar-refractivity contribution in [2.45, 2.75) is 44.9 Å². The van der Waals surface area contributed by atoms with Gasteiger partial charge in [-0.05, 0) is 45.4 Å². The van der Waals surface area contributed by atoms with Gasteiger partial charge in [-0.3, -0.25) is 0 Å². The number of piperazine rings is 1. The minimum Gasteiger partial charge on any atom is -0.444 e. The number of carbonyl (C=O) groups is 1. The van der Waals surface area contributed by atoms with Crippen LogP contribution in [-0.4, -0.2) is 41.8 Å². The predicted octanol–water partition coefficient (Wildman–Crippen LogP) is 3.54. The maximum absolute atomic E-state index is 12.2. The molecule has 2 fully saturated rings. The lowest BCUT2D eigenvalue weighted by Gasteiger charge is -2.36. The normalized spacial score (nSPS) is 24.6. The third kappa shape index (κ3) is 2.95. The Balaban J connectivity index is 1.68. The zero-order chi connectivity index (χ0) is 15.2. The summed E-state index contributed by atoms with van der Waals surface area (Å²) in [5, 5.41) is 0.749. The zero-order valence-electron chi connectivity index (χ0n) is 12.7. The van der Waals surface area contributed by atoms with E-state index in [0.29, 0.717) is 6.04 Å². The first-order valence-electron chi connectivity index (χ1n) is 7.35. The number of anilines is 1. The quantitative estimate of drug-likeness (QED) is 0.795. The van der Waals surface area contributed by atoms with Crippen molar-refractivity contribution in [3.8, 4) is 0 Å². The molecule has 2 saturated heterocycles. The second-order valence-corrected chi connectivity index (χ2v) is 7.24. The Morgan fingerprint density at radius 1 is 1.29 bits per heavy atom. The molecule has 3 rings (SSSR count). The molecule has 2 atom stereocenters. The number of fused-ring (bicyclic) bond motifs is 2. The molecule has 0 aromatic heterocycles. The van der Waals surface area contributed by atoms with Crippen molar-refractivity contribution in [1.29, 1.82) is 0 Å². The van der Waals surface area contributed by atoms with E-state index in [2.05, 4.69) is 11.0 Å². The average molecular weight is 309 g/mol. The number of halogens is 1. The summed E-state index contributed by atoms with van der Waals surface area (Å²) in [7, 11) is 0. The molecule has 5 heteroatoms. The summed E-state index contributed by atoms with van der Waals surface area (Å²) in [5.74, 6) is 0. The Bertz CT molecular complexity index is 555. The summed E-state index contributed by atoms with van der Waals surface area (Å²) >= 11 is 6.07. The lowest BCUT2D eigenvalue weighted by molar-refractivity contribution is 0.0215. The number of carbonyl (C=O) groups excluding carboxylic acids is 1. The summed E-state index contributed by atoms with van der Waals surface area (Å²) in [4.78, 5) is 16.4. The summed E-state index contributed by atoms with van der Waals surface area (Å²) in [6, 6.07) is 8.51. The van der Waals surface area contributed by atoms with Crippen molar-refractivity contribution < 1.29 is 9.53 Å². The van der Waals surface area contributed by atoms with E-state index in [4.69, 9.17) is 16.3 Å². The second kappa shape index (κ2) is 5.09. The van der Waals surface area contributed by atoms with E-state index in [0.717, 1.165) is 30.2 Å². The van der Waals surface area contributed by atoms with Crippen molar-refractivity contribution >= 4 is 23.4 Å². The number of likely N-dealkylation sites (tertiary alicyclic amines) is 1. The molecular formula is C16H21ClN2O2. The largest absolute Gasteiger partial charge is 0.444 e. The molecule has 1 aromatic rings. The number of amides is 1. The van der Waals surface area contributed by atoms with Crippen LogP contribution in [0.25, 0.3) is 0 Å². The van der Waals surface area contributed by atoms with Crippen LogP contribution >= 0.6 is 11.6 Å². The van der Waals surface area contributed by atoms with E-state index < -0.39 is 5.60 Å². The van der Waals surface area contributed by atoms with Gasteiger partial charge < -0.3 is 14.5 Å². The highest BCUT2D eigenvalue weighted by molar-refractivity contribution is 6.30. The first-order chi connectivity index (χ1) is 9.83. The molecule has 4 nitrogen and oxygen atoms in total. The second-order valence-electron chi connectivity index (χ2n) is 6.81. The van der Waals surface area contributed by atoms with Crippen LogP contribution in [0.15, 0.2) is 24.3 Å². The number of nitrogens with zero attached hydrogens (tertiary/aromatic N) is 2. The highest BCUT2D eigenvalue weighted by Crippen LogP contribution is 2.36. The van der Waals surface area contributed by atoms with Gasteiger partial charge in [0.2, 0.25) is 0 Å². The minimum absolute atomic E-state index is 0.194. The molecule has 1 aromatic carbocycles. The Morgan fingerprint density at radius 2 is 2.05 bits per heavy atom. The molecule has 2 unspecified atom stereocenters. The van der Waals surface area contributed by atoms with Crippen molar-refractivity contribution in [2.24, 2.45) is 0 Å². The first kappa shape index (κ1) is 14.5. The van der Waals surface area contributed by atoms with E-state index in [-0.39, 0.29) is 12.1 Å². The topological polar surface area (TPSA) is 32.8 Å². The van der Waals surface area contributed by atoms with Crippen LogP contribution in [0.5, 0.6) is 0 Å². The molecule has 2 bridgehead atoms. The van der Waals surface area contributed by atoms with E-state index in [1.54, 1.807) is 0 Å². The van der Waals surface area contributed by atoms with Crippen LogP contribution in [0.1, 0.15) is 27.2 Å². The van der Waals surface area contributed by atoms with Gasteiger partial charge in [0.1, 0.15) is 5.60 Å². The Morgan fingerprint density at radius 3 is 2.62 bits per heavy atom. The molecule has 0 radical (unpaired) electrons. The molecule has 0 aliphatic carbocycles. The monoisotopic (exact) mass is 308 g/mol. The Labute approximate surface area is 130 Å². The van der Waals surface area contributed by atoms with E-state index >= 15 is 0 Å². The minimum atomic E-state index is -0.439. The molecule has 114 valence electrons. The molecule has 0 spiro atoms. The van der Waals surface area contributed by atoms with Crippen molar-refractivity contribution in [3.05, 3.63) is 29.3 Å². The molecule has 0 N–H and O–H groups in total. The number of benzene rings is 1. The van der Waals surface area contributed by atoms with Gasteiger partial charge in [-0.1, -0.05) is 17.7 Å². The van der Waals surface area contributed by atoms with Gasteiger partial charge in [-0.25, -0.2) is 4.79 Å². The molecule has 21 heavy (non-hydrogen) atoms. The smallest absolute Gasteiger partial charge is 0.410 e. The van der Waals surface area contributed by atoms with Crippen LogP contribution in [0.2, 0.25) is 5.02 Å². The molecule has 1 amide bonds. The predicted molar refractivity (Wildman–Crippen MR) is 83.9 cm³/mol. The van der Waals surface area contributed by atoms with Gasteiger partial charge in [0, 0.05) is 29.8 Å². The number of hydrogen-bond donors (Lipinski definition) is 0. The number of ether oxygens (including phenoxy) is 1.